The third kappa shape index (κ3) is 3.74. The van der Waals surface area contributed by atoms with Crippen LogP contribution >= 0.6 is 0 Å². The first-order valence-electron chi connectivity index (χ1n) is 17.8. The Morgan fingerprint density at radius 2 is 1.44 bits per heavy atom. The van der Waals surface area contributed by atoms with Gasteiger partial charge in [-0.15, -0.1) is 0 Å². The van der Waals surface area contributed by atoms with Crippen LogP contribution in [0.15, 0.2) is 0 Å². The lowest BCUT2D eigenvalue weighted by Gasteiger charge is -2.65. The smallest absolute Gasteiger partial charge is 0.303 e. The second-order valence-electron chi connectivity index (χ2n) is 17.6. The molecule has 276 valence electrons. The number of carbonyl (C=O) groups is 5. The van der Waals surface area contributed by atoms with Crippen molar-refractivity contribution in [1.29, 1.82) is 0 Å². The molecule has 20 atom stereocenters. The summed E-state index contributed by atoms with van der Waals surface area (Å²) in [6.45, 7) is 12.9. The van der Waals surface area contributed by atoms with E-state index in [9.17, 15) is 34.5 Å². The van der Waals surface area contributed by atoms with Gasteiger partial charge in [-0.25, -0.2) is 0 Å². The van der Waals surface area contributed by atoms with Crippen LogP contribution in [0.1, 0.15) is 68.2 Å². The van der Waals surface area contributed by atoms with Gasteiger partial charge in [0.2, 0.25) is 5.79 Å². The molecule has 6 aliphatic carbocycles. The van der Waals surface area contributed by atoms with Crippen molar-refractivity contribution in [1.82, 2.24) is 0 Å². The Bertz CT molecular complexity index is 1580. The summed E-state index contributed by atoms with van der Waals surface area (Å²) in [6, 6.07) is 0. The van der Waals surface area contributed by atoms with Crippen molar-refractivity contribution >= 4 is 30.2 Å². The van der Waals surface area contributed by atoms with Gasteiger partial charge in [0.1, 0.15) is 24.4 Å². The van der Waals surface area contributed by atoms with Gasteiger partial charge < -0.3 is 43.7 Å². The fourth-order valence-electron chi connectivity index (χ4n) is 13.7. The van der Waals surface area contributed by atoms with Crippen LogP contribution in [0.3, 0.4) is 0 Å². The lowest BCUT2D eigenvalue weighted by atomic mass is 9.40. The molecule has 3 N–H and O–H groups in total. The van der Waals surface area contributed by atoms with E-state index in [-0.39, 0.29) is 31.8 Å². The Morgan fingerprint density at radius 1 is 0.840 bits per heavy atom. The number of hydrogen-bond donors (Lipinski definition) is 3. The maximum atomic E-state index is 15.2. The van der Waals surface area contributed by atoms with Crippen molar-refractivity contribution in [2.75, 3.05) is 6.61 Å². The molecule has 8 fully saturated rings. The van der Waals surface area contributed by atoms with E-state index in [1.165, 1.54) is 20.8 Å². The van der Waals surface area contributed by atoms with E-state index in [0.29, 0.717) is 0 Å². The SMILES string of the molecule is CC(=O)O[C@H]1[C@H]2[C@@H](C(=O)C(OC=O)[C@H]3C[C@@]4(O)C[C@@H]4[C@H](OC(C)=O)[C@]23C)[C@@H]2[C@@H](O)[C@@H]3[C@H]([C@H](C)[C@H]4O[C@]45OC[C@@](C)(O)[C@]35C)[C@@]2(C)[C@H]1OC(C)=O. The minimum absolute atomic E-state index is 0.0387. The number of hydrogen-bond acceptors (Lipinski definition) is 14. The van der Waals surface area contributed by atoms with Gasteiger partial charge in [-0.1, -0.05) is 27.7 Å². The van der Waals surface area contributed by atoms with Crippen LogP contribution in [0.4, 0.5) is 0 Å². The van der Waals surface area contributed by atoms with Gasteiger partial charge in [0.25, 0.3) is 6.47 Å². The molecule has 8 aliphatic rings. The molecule has 2 aliphatic heterocycles. The van der Waals surface area contributed by atoms with Crippen molar-refractivity contribution in [3.8, 4) is 0 Å². The first kappa shape index (κ1) is 34.4. The Morgan fingerprint density at radius 3 is 2.04 bits per heavy atom. The molecule has 2 heterocycles. The topological polar surface area (TPSA) is 205 Å². The summed E-state index contributed by atoms with van der Waals surface area (Å²) in [5.41, 5.74) is -6.51. The van der Waals surface area contributed by atoms with Crippen molar-refractivity contribution in [3.63, 3.8) is 0 Å². The highest BCUT2D eigenvalue weighted by atomic mass is 16.8. The number of Topliss-reactive ketones (excluding diaryl/α,β-unsaturated/α-hetero) is 1. The number of rotatable bonds is 5. The lowest BCUT2D eigenvalue weighted by Crippen LogP contribution is -2.75. The molecular weight excluding hydrogens is 656 g/mol. The van der Waals surface area contributed by atoms with Crippen LogP contribution in [0.25, 0.3) is 0 Å². The quantitative estimate of drug-likeness (QED) is 0.156. The number of ketones is 1. The van der Waals surface area contributed by atoms with E-state index in [1.807, 2.05) is 20.8 Å². The summed E-state index contributed by atoms with van der Waals surface area (Å²) in [7, 11) is 0. The van der Waals surface area contributed by atoms with Crippen LogP contribution in [0, 0.1) is 63.6 Å². The maximum absolute atomic E-state index is 15.2. The molecule has 1 unspecified atom stereocenters. The summed E-state index contributed by atoms with van der Waals surface area (Å²) >= 11 is 0. The fourth-order valence-corrected chi connectivity index (χ4v) is 13.7. The Labute approximate surface area is 289 Å². The highest BCUT2D eigenvalue weighted by Gasteiger charge is 2.91. The summed E-state index contributed by atoms with van der Waals surface area (Å²) < 4.78 is 36.6. The lowest BCUT2D eigenvalue weighted by molar-refractivity contribution is -0.275. The van der Waals surface area contributed by atoms with Crippen molar-refractivity contribution in [2.45, 2.75) is 122 Å². The van der Waals surface area contributed by atoms with Crippen LogP contribution in [0.5, 0.6) is 0 Å². The highest BCUT2D eigenvalue weighted by molar-refractivity contribution is 5.89. The van der Waals surface area contributed by atoms with Crippen LogP contribution in [0.2, 0.25) is 0 Å². The van der Waals surface area contributed by atoms with Gasteiger partial charge in [-0.05, 0) is 31.6 Å². The fraction of sp³-hybridized carbons (Fsp3) is 0.861. The molecule has 0 bridgehead atoms. The second kappa shape index (κ2) is 10.1. The maximum Gasteiger partial charge on any atom is 0.303 e. The van der Waals surface area contributed by atoms with Crippen LogP contribution in [-0.2, 0) is 52.4 Å². The molecule has 1 spiro atoms. The zero-order valence-corrected chi connectivity index (χ0v) is 29.6. The number of ether oxygens (including phenoxy) is 6. The summed E-state index contributed by atoms with van der Waals surface area (Å²) in [4.78, 5) is 66.2. The molecule has 0 aromatic rings. The Kier molecular flexibility index (Phi) is 6.93. The standard InChI is InChI=1S/C36H48O14/c1-13-20-23(34(8)31(5,43)11-46-36(34)28(13)50-36)25(42)21-19-22(27(47-14(2)38)30(33(20,21)7)49-16(4)40)32(6)17(26(24(19)41)45-12-37)9-35(44)10-18(35)29(32)48-15(3)39/h12-13,17-23,25-30,42-44H,9-11H2,1-8H3/t13-,17+,18+,19-,20-,21+,22+,23-,25+,26?,27-,28+,29-,30-,31+,32-,33+,34-,35+,36+/m0/s1. The van der Waals surface area contributed by atoms with Crippen molar-refractivity contribution in [2.24, 2.45) is 63.6 Å². The Hall–Kier alpha value is -2.65. The zero-order chi connectivity index (χ0) is 36.5. The minimum Gasteiger partial charge on any atom is -0.462 e. The van der Waals surface area contributed by atoms with Gasteiger partial charge in [-0.3, -0.25) is 24.0 Å². The summed E-state index contributed by atoms with van der Waals surface area (Å²) in [6.07, 6.45) is -6.38. The predicted octanol–water partition coefficient (Wildman–Crippen LogP) is 0.691. The van der Waals surface area contributed by atoms with Gasteiger partial charge >= 0.3 is 17.9 Å². The van der Waals surface area contributed by atoms with Crippen LogP contribution in [-0.4, -0.2) is 106 Å². The molecule has 14 heteroatoms. The second-order valence-corrected chi connectivity index (χ2v) is 17.6. The van der Waals surface area contributed by atoms with Crippen LogP contribution < -0.4 is 0 Å². The van der Waals surface area contributed by atoms with E-state index < -0.39 is 135 Å². The molecule has 50 heavy (non-hydrogen) atoms. The zero-order valence-electron chi connectivity index (χ0n) is 29.6. The van der Waals surface area contributed by atoms with Crippen molar-refractivity contribution < 1.29 is 67.7 Å². The number of fused-ring (bicyclic) bond motifs is 9. The first-order chi connectivity index (χ1) is 23.2. The number of aliphatic hydroxyl groups is 3. The number of aliphatic hydroxyl groups excluding tert-OH is 1. The molecule has 8 rings (SSSR count). The van der Waals surface area contributed by atoms with Gasteiger partial charge in [-0.2, -0.15) is 0 Å². The van der Waals surface area contributed by atoms with E-state index in [1.54, 1.807) is 13.8 Å². The average Bonchev–Trinajstić information content (AvgIpc) is 3.88. The largest absolute Gasteiger partial charge is 0.462 e. The molecule has 6 saturated carbocycles. The third-order valence-corrected chi connectivity index (χ3v) is 15.6. The molecule has 14 nitrogen and oxygen atoms in total. The minimum atomic E-state index is -1.47. The van der Waals surface area contributed by atoms with Gasteiger partial charge in [0, 0.05) is 67.1 Å². The summed E-state index contributed by atoms with van der Waals surface area (Å²) in [5.74, 6) is -9.96. The number of esters is 3. The van der Waals surface area contributed by atoms with E-state index in [2.05, 4.69) is 0 Å². The monoisotopic (exact) mass is 704 g/mol. The van der Waals surface area contributed by atoms with E-state index >= 15 is 4.79 Å². The number of carbonyl (C=O) groups excluding carboxylic acids is 5. The molecule has 0 amide bonds. The Balaban J connectivity index is 1.39. The molecular formula is C36H48O14. The van der Waals surface area contributed by atoms with E-state index in [0.717, 1.165) is 0 Å². The average molecular weight is 705 g/mol. The van der Waals surface area contributed by atoms with Gasteiger partial charge in [0.15, 0.2) is 11.9 Å². The summed E-state index contributed by atoms with van der Waals surface area (Å²) in [5, 5.41) is 36.4. The normalized spacial score (nSPS) is 59.1. The molecule has 0 radical (unpaired) electrons. The number of epoxide rings is 1. The first-order valence-corrected chi connectivity index (χ1v) is 17.8. The van der Waals surface area contributed by atoms with E-state index in [4.69, 9.17) is 28.4 Å². The molecule has 0 aromatic carbocycles. The molecule has 0 aromatic heterocycles. The highest BCUT2D eigenvalue weighted by Crippen LogP contribution is 2.81. The third-order valence-electron chi connectivity index (χ3n) is 15.6. The van der Waals surface area contributed by atoms with Gasteiger partial charge in [0.05, 0.1) is 29.3 Å². The van der Waals surface area contributed by atoms with Crippen molar-refractivity contribution in [3.05, 3.63) is 0 Å². The predicted molar refractivity (Wildman–Crippen MR) is 165 cm³/mol. The molecule has 2 saturated heterocycles.